The van der Waals surface area contributed by atoms with Crippen LogP contribution in [0, 0.1) is 10.8 Å². The average Bonchev–Trinajstić information content (AvgIpc) is 2.21. The van der Waals surface area contributed by atoms with E-state index in [0.717, 1.165) is 18.4 Å². The van der Waals surface area contributed by atoms with Crippen molar-refractivity contribution in [1.82, 2.24) is 0 Å². The van der Waals surface area contributed by atoms with E-state index in [0.29, 0.717) is 0 Å². The Morgan fingerprint density at radius 1 is 0.708 bits per heavy atom. The van der Waals surface area contributed by atoms with Gasteiger partial charge in [-0.1, -0.05) is 87.4 Å². The van der Waals surface area contributed by atoms with Crippen LogP contribution in [-0.2, 0) is 10.8 Å². The summed E-state index contributed by atoms with van der Waals surface area (Å²) in [5.74, 6) is 0.176. The van der Waals surface area contributed by atoms with Gasteiger partial charge < -0.3 is 5.11 Å². The molecule has 0 bridgehead atoms. The summed E-state index contributed by atoms with van der Waals surface area (Å²) < 4.78 is 0. The molecule has 24 heavy (non-hydrogen) atoms. The van der Waals surface area contributed by atoms with Gasteiger partial charge in [-0.2, -0.15) is 0 Å². The zero-order valence-corrected chi connectivity index (χ0v) is 21.2. The normalized spacial score (nSPS) is 13.6. The maximum absolute atomic E-state index is 12.5. The summed E-state index contributed by atoms with van der Waals surface area (Å²) >= 11 is 0. The molecule has 0 N–H and O–H groups in total. The third-order valence-corrected chi connectivity index (χ3v) is 4.43. The molecule has 2 heteroatoms. The number of hydrogen-bond donors (Lipinski definition) is 0. The molecule has 1 rings (SSSR count). The number of benzene rings is 1. The van der Waals surface area contributed by atoms with E-state index in [1.807, 2.05) is 6.07 Å². The molecule has 0 spiro atoms. The topological polar surface area (TPSA) is 23.1 Å². The largest absolute Gasteiger partial charge is 1.00 e. The van der Waals surface area contributed by atoms with E-state index in [-0.39, 0.29) is 78.8 Å². The van der Waals surface area contributed by atoms with Gasteiger partial charge in [0.2, 0.25) is 0 Å². The zero-order valence-electron chi connectivity index (χ0n) is 18.1. The van der Waals surface area contributed by atoms with Gasteiger partial charge in [0.1, 0.15) is 0 Å². The van der Waals surface area contributed by atoms with E-state index in [4.69, 9.17) is 0 Å². The first-order valence-electron chi connectivity index (χ1n) is 8.86. The molecule has 0 heterocycles. The molecule has 0 fully saturated rings. The average molecular weight is 357 g/mol. The van der Waals surface area contributed by atoms with Crippen LogP contribution < -0.4 is 56.5 Å². The molecular formula is C22H37KO. The Bertz CT molecular complexity index is 542. The predicted molar refractivity (Wildman–Crippen MR) is 100 cm³/mol. The van der Waals surface area contributed by atoms with E-state index >= 15 is 0 Å². The summed E-state index contributed by atoms with van der Waals surface area (Å²) in [5, 5.41) is 12.5. The smallest absolute Gasteiger partial charge is 0.872 e. The van der Waals surface area contributed by atoms with Gasteiger partial charge in [0.05, 0.1) is 0 Å². The van der Waals surface area contributed by atoms with Gasteiger partial charge in [-0.3, -0.25) is 0 Å². The third-order valence-electron chi connectivity index (χ3n) is 4.43. The minimum absolute atomic E-state index is 0. The summed E-state index contributed by atoms with van der Waals surface area (Å²) in [5.41, 5.74) is 2.67. The van der Waals surface area contributed by atoms with Crippen molar-refractivity contribution in [2.75, 3.05) is 0 Å². The third kappa shape index (κ3) is 7.49. The SMILES string of the molecule is CC(C)(C)CC(C)(C)c1ccc([O-])c(C(C)(C)CC(C)(C)C)c1.[K+]. The van der Waals surface area contributed by atoms with Gasteiger partial charge >= 0.3 is 51.4 Å². The van der Waals surface area contributed by atoms with Crippen molar-refractivity contribution in [3.05, 3.63) is 29.3 Å². The van der Waals surface area contributed by atoms with Crippen LogP contribution in [0.5, 0.6) is 5.75 Å². The first kappa shape index (κ1) is 24.7. The summed E-state index contributed by atoms with van der Waals surface area (Å²) in [6, 6.07) is 5.99. The quantitative estimate of drug-likeness (QED) is 0.760. The van der Waals surface area contributed by atoms with E-state index in [9.17, 15) is 5.11 Å². The fourth-order valence-corrected chi connectivity index (χ4v) is 4.33. The molecule has 0 aliphatic rings. The van der Waals surface area contributed by atoms with Gasteiger partial charge in [0.15, 0.2) is 0 Å². The standard InChI is InChI=1S/C22H38O.K/c1-19(2,3)14-21(7,8)16-11-12-18(23)17(13-16)22(9,10)15-20(4,5)6;/h11-13,23H,14-15H2,1-10H3;/q;+1/p-1. The van der Waals surface area contributed by atoms with E-state index < -0.39 is 0 Å². The van der Waals surface area contributed by atoms with Gasteiger partial charge in [-0.15, -0.1) is 5.75 Å². The molecule has 0 aromatic heterocycles. The van der Waals surface area contributed by atoms with Crippen molar-refractivity contribution in [1.29, 1.82) is 0 Å². The zero-order chi connectivity index (χ0) is 18.3. The second-order valence-corrected chi connectivity index (χ2v) is 11.0. The first-order valence-corrected chi connectivity index (χ1v) is 8.86. The van der Waals surface area contributed by atoms with Crippen molar-refractivity contribution in [3.8, 4) is 5.75 Å². The Kier molecular flexibility index (Phi) is 8.35. The van der Waals surface area contributed by atoms with Crippen LogP contribution in [0.3, 0.4) is 0 Å². The van der Waals surface area contributed by atoms with Gasteiger partial charge in [0, 0.05) is 0 Å². The van der Waals surface area contributed by atoms with E-state index in [1.54, 1.807) is 6.07 Å². The molecule has 1 aromatic rings. The predicted octanol–water partition coefficient (Wildman–Crippen LogP) is 3.19. The van der Waals surface area contributed by atoms with Crippen LogP contribution in [0.25, 0.3) is 0 Å². The van der Waals surface area contributed by atoms with Crippen LogP contribution >= 0.6 is 0 Å². The van der Waals surface area contributed by atoms with Crippen molar-refractivity contribution in [2.45, 2.75) is 92.9 Å². The molecular weight excluding hydrogens is 319 g/mol. The number of hydrogen-bond acceptors (Lipinski definition) is 1. The Morgan fingerprint density at radius 2 is 1.12 bits per heavy atom. The Balaban J connectivity index is 0.00000529. The van der Waals surface area contributed by atoms with Crippen LogP contribution in [-0.4, -0.2) is 0 Å². The van der Waals surface area contributed by atoms with Gasteiger partial charge in [-0.05, 0) is 45.6 Å². The summed E-state index contributed by atoms with van der Waals surface area (Å²) in [7, 11) is 0. The maximum atomic E-state index is 12.5. The van der Waals surface area contributed by atoms with Crippen molar-refractivity contribution in [3.63, 3.8) is 0 Å². The summed E-state index contributed by atoms with van der Waals surface area (Å²) in [6.45, 7) is 22.6. The fourth-order valence-electron chi connectivity index (χ4n) is 4.33. The molecule has 0 saturated carbocycles. The van der Waals surface area contributed by atoms with Crippen LogP contribution in [0.2, 0.25) is 0 Å². The molecule has 132 valence electrons. The second-order valence-electron chi connectivity index (χ2n) is 11.0. The minimum Gasteiger partial charge on any atom is -0.872 e. The maximum Gasteiger partial charge on any atom is 1.00 e. The van der Waals surface area contributed by atoms with Crippen molar-refractivity contribution in [2.24, 2.45) is 10.8 Å². The van der Waals surface area contributed by atoms with E-state index in [1.165, 1.54) is 5.56 Å². The Hall–Kier alpha value is 0.656. The van der Waals surface area contributed by atoms with E-state index in [2.05, 4.69) is 75.3 Å². The monoisotopic (exact) mass is 356 g/mol. The van der Waals surface area contributed by atoms with Crippen molar-refractivity contribution >= 4 is 0 Å². The molecule has 0 radical (unpaired) electrons. The summed E-state index contributed by atoms with van der Waals surface area (Å²) in [4.78, 5) is 0. The van der Waals surface area contributed by atoms with Crippen LogP contribution in [0.1, 0.15) is 93.2 Å². The second kappa shape index (κ2) is 8.13. The molecule has 0 unspecified atom stereocenters. The molecule has 0 aliphatic carbocycles. The molecule has 1 nitrogen and oxygen atoms in total. The molecule has 0 aliphatic heterocycles. The van der Waals surface area contributed by atoms with Crippen LogP contribution in [0.4, 0.5) is 0 Å². The summed E-state index contributed by atoms with van der Waals surface area (Å²) in [6.07, 6.45) is 2.09. The fraction of sp³-hybridized carbons (Fsp3) is 0.727. The molecule has 0 amide bonds. The van der Waals surface area contributed by atoms with Gasteiger partial charge in [-0.25, -0.2) is 0 Å². The molecule has 0 saturated heterocycles. The molecule has 1 aromatic carbocycles. The first-order chi connectivity index (χ1) is 10.0. The van der Waals surface area contributed by atoms with Gasteiger partial charge in [0.25, 0.3) is 0 Å². The van der Waals surface area contributed by atoms with Crippen LogP contribution in [0.15, 0.2) is 18.2 Å². The Morgan fingerprint density at radius 3 is 1.54 bits per heavy atom. The number of rotatable bonds is 4. The van der Waals surface area contributed by atoms with Crippen molar-refractivity contribution < 1.29 is 56.5 Å². The Labute approximate surface area is 193 Å². The minimum atomic E-state index is -0.108. The molecule has 0 atom stereocenters.